The van der Waals surface area contributed by atoms with Gasteiger partial charge in [0.2, 0.25) is 0 Å². The van der Waals surface area contributed by atoms with E-state index in [1.807, 2.05) is 12.1 Å². The standard InChI is InChI=1S/C18H23NO/c1-4-12-20-16-10-8-15(9-11-16)18(19)17-13(2)6-5-7-14(17)3/h5-11,18H,4,12,19H2,1-3H3. The molecule has 0 heterocycles. The molecule has 20 heavy (non-hydrogen) atoms. The lowest BCUT2D eigenvalue weighted by Crippen LogP contribution is -2.14. The Morgan fingerprint density at radius 3 is 2.15 bits per heavy atom. The first kappa shape index (κ1) is 14.6. The lowest BCUT2D eigenvalue weighted by atomic mass is 9.92. The molecule has 0 aromatic heterocycles. The number of ether oxygens (including phenoxy) is 1. The fourth-order valence-corrected chi connectivity index (χ4v) is 2.48. The Balaban J connectivity index is 2.23. The smallest absolute Gasteiger partial charge is 0.119 e. The molecule has 0 saturated carbocycles. The summed E-state index contributed by atoms with van der Waals surface area (Å²) < 4.78 is 5.60. The van der Waals surface area contributed by atoms with E-state index in [0.717, 1.165) is 24.3 Å². The van der Waals surface area contributed by atoms with Crippen molar-refractivity contribution in [2.24, 2.45) is 5.73 Å². The summed E-state index contributed by atoms with van der Waals surface area (Å²) >= 11 is 0. The van der Waals surface area contributed by atoms with Crippen molar-refractivity contribution in [3.8, 4) is 5.75 Å². The van der Waals surface area contributed by atoms with Crippen LogP contribution in [0.3, 0.4) is 0 Å². The van der Waals surface area contributed by atoms with Crippen LogP contribution in [0, 0.1) is 13.8 Å². The quantitative estimate of drug-likeness (QED) is 0.885. The fourth-order valence-electron chi connectivity index (χ4n) is 2.48. The van der Waals surface area contributed by atoms with E-state index in [4.69, 9.17) is 10.5 Å². The van der Waals surface area contributed by atoms with Crippen molar-refractivity contribution in [1.82, 2.24) is 0 Å². The van der Waals surface area contributed by atoms with Crippen LogP contribution in [0.4, 0.5) is 0 Å². The minimum atomic E-state index is -0.0866. The summed E-state index contributed by atoms with van der Waals surface area (Å²) in [5.74, 6) is 0.907. The molecule has 106 valence electrons. The second kappa shape index (κ2) is 6.58. The molecule has 2 N–H and O–H groups in total. The van der Waals surface area contributed by atoms with E-state index in [-0.39, 0.29) is 6.04 Å². The topological polar surface area (TPSA) is 35.2 Å². The molecule has 0 aliphatic carbocycles. The van der Waals surface area contributed by atoms with E-state index in [0.29, 0.717) is 0 Å². The van der Waals surface area contributed by atoms with Crippen molar-refractivity contribution in [3.05, 3.63) is 64.7 Å². The molecule has 2 heteroatoms. The van der Waals surface area contributed by atoms with E-state index in [9.17, 15) is 0 Å². The van der Waals surface area contributed by atoms with Crippen LogP contribution in [0.2, 0.25) is 0 Å². The van der Waals surface area contributed by atoms with Crippen LogP contribution in [0.5, 0.6) is 5.75 Å². The van der Waals surface area contributed by atoms with Gasteiger partial charge in [-0.1, -0.05) is 37.3 Å². The average Bonchev–Trinajstić information content (AvgIpc) is 2.45. The first-order chi connectivity index (χ1) is 9.63. The van der Waals surface area contributed by atoms with Crippen LogP contribution in [-0.2, 0) is 0 Å². The fraction of sp³-hybridized carbons (Fsp3) is 0.333. The van der Waals surface area contributed by atoms with Crippen molar-refractivity contribution in [2.75, 3.05) is 6.61 Å². The SMILES string of the molecule is CCCOc1ccc(C(N)c2c(C)cccc2C)cc1. The van der Waals surface area contributed by atoms with Gasteiger partial charge in [0, 0.05) is 0 Å². The molecule has 2 aromatic rings. The van der Waals surface area contributed by atoms with Gasteiger partial charge in [-0.2, -0.15) is 0 Å². The maximum atomic E-state index is 6.43. The van der Waals surface area contributed by atoms with Crippen LogP contribution in [0.1, 0.15) is 41.6 Å². The summed E-state index contributed by atoms with van der Waals surface area (Å²) in [4.78, 5) is 0. The van der Waals surface area contributed by atoms with E-state index in [1.54, 1.807) is 0 Å². The molecule has 0 amide bonds. The highest BCUT2D eigenvalue weighted by atomic mass is 16.5. The molecule has 0 bridgehead atoms. The zero-order valence-corrected chi connectivity index (χ0v) is 12.5. The van der Waals surface area contributed by atoms with Crippen molar-refractivity contribution in [1.29, 1.82) is 0 Å². The Kier molecular flexibility index (Phi) is 4.80. The minimum absolute atomic E-state index is 0.0866. The van der Waals surface area contributed by atoms with Gasteiger partial charge in [0.15, 0.2) is 0 Å². The van der Waals surface area contributed by atoms with E-state index in [1.165, 1.54) is 16.7 Å². The summed E-state index contributed by atoms with van der Waals surface area (Å²) in [5, 5.41) is 0. The molecule has 1 atom stereocenters. The van der Waals surface area contributed by atoms with Crippen LogP contribution >= 0.6 is 0 Å². The Labute approximate surface area is 121 Å². The maximum absolute atomic E-state index is 6.43. The number of rotatable bonds is 5. The number of benzene rings is 2. The van der Waals surface area contributed by atoms with Gasteiger partial charge in [0.25, 0.3) is 0 Å². The van der Waals surface area contributed by atoms with Gasteiger partial charge in [0.1, 0.15) is 5.75 Å². The van der Waals surface area contributed by atoms with Crippen molar-refractivity contribution in [2.45, 2.75) is 33.2 Å². The molecular formula is C18H23NO. The molecule has 0 saturated heterocycles. The van der Waals surface area contributed by atoms with Gasteiger partial charge in [-0.3, -0.25) is 0 Å². The molecule has 2 rings (SSSR count). The molecule has 2 aromatic carbocycles. The van der Waals surface area contributed by atoms with E-state index >= 15 is 0 Å². The Bertz CT molecular complexity index is 540. The van der Waals surface area contributed by atoms with Crippen LogP contribution < -0.4 is 10.5 Å². The van der Waals surface area contributed by atoms with Crippen LogP contribution in [-0.4, -0.2) is 6.61 Å². The predicted octanol–water partition coefficient (Wildman–Crippen LogP) is 4.14. The lowest BCUT2D eigenvalue weighted by molar-refractivity contribution is 0.317. The molecule has 0 aliphatic rings. The summed E-state index contributed by atoms with van der Waals surface area (Å²) in [6.45, 7) is 7.08. The molecule has 1 unspecified atom stereocenters. The third-order valence-corrected chi connectivity index (χ3v) is 3.57. The number of nitrogens with two attached hydrogens (primary N) is 1. The highest BCUT2D eigenvalue weighted by Gasteiger charge is 2.13. The summed E-state index contributed by atoms with van der Waals surface area (Å²) in [6, 6.07) is 14.3. The average molecular weight is 269 g/mol. The highest BCUT2D eigenvalue weighted by molar-refractivity contribution is 5.42. The molecule has 0 radical (unpaired) electrons. The largest absolute Gasteiger partial charge is 0.494 e. The summed E-state index contributed by atoms with van der Waals surface area (Å²) in [6.07, 6.45) is 1.02. The van der Waals surface area contributed by atoms with Crippen molar-refractivity contribution >= 4 is 0 Å². The third kappa shape index (κ3) is 3.20. The Morgan fingerprint density at radius 2 is 1.60 bits per heavy atom. The zero-order chi connectivity index (χ0) is 14.5. The third-order valence-electron chi connectivity index (χ3n) is 3.57. The zero-order valence-electron chi connectivity index (χ0n) is 12.5. The number of hydrogen-bond acceptors (Lipinski definition) is 2. The van der Waals surface area contributed by atoms with Gasteiger partial charge in [-0.25, -0.2) is 0 Å². The highest BCUT2D eigenvalue weighted by Crippen LogP contribution is 2.27. The lowest BCUT2D eigenvalue weighted by Gasteiger charge is -2.18. The minimum Gasteiger partial charge on any atom is -0.494 e. The second-order valence-corrected chi connectivity index (χ2v) is 5.20. The predicted molar refractivity (Wildman–Crippen MR) is 84.2 cm³/mol. The Morgan fingerprint density at radius 1 is 1.00 bits per heavy atom. The maximum Gasteiger partial charge on any atom is 0.119 e. The van der Waals surface area contributed by atoms with E-state index in [2.05, 4.69) is 51.1 Å². The van der Waals surface area contributed by atoms with Gasteiger partial charge >= 0.3 is 0 Å². The number of hydrogen-bond donors (Lipinski definition) is 1. The van der Waals surface area contributed by atoms with E-state index < -0.39 is 0 Å². The van der Waals surface area contributed by atoms with Gasteiger partial charge < -0.3 is 10.5 Å². The Hall–Kier alpha value is -1.80. The number of aryl methyl sites for hydroxylation is 2. The first-order valence-corrected chi connectivity index (χ1v) is 7.18. The molecular weight excluding hydrogens is 246 g/mol. The molecule has 2 nitrogen and oxygen atoms in total. The van der Waals surface area contributed by atoms with Gasteiger partial charge in [0.05, 0.1) is 12.6 Å². The monoisotopic (exact) mass is 269 g/mol. The van der Waals surface area contributed by atoms with Gasteiger partial charge in [-0.05, 0) is 54.7 Å². The molecule has 0 fully saturated rings. The molecule has 0 spiro atoms. The first-order valence-electron chi connectivity index (χ1n) is 7.18. The summed E-state index contributed by atoms with van der Waals surface area (Å²) in [7, 11) is 0. The second-order valence-electron chi connectivity index (χ2n) is 5.20. The van der Waals surface area contributed by atoms with Crippen LogP contribution in [0.25, 0.3) is 0 Å². The van der Waals surface area contributed by atoms with Crippen LogP contribution in [0.15, 0.2) is 42.5 Å². The molecule has 0 aliphatic heterocycles. The van der Waals surface area contributed by atoms with Gasteiger partial charge in [-0.15, -0.1) is 0 Å². The normalized spacial score (nSPS) is 12.2. The van der Waals surface area contributed by atoms with Crippen molar-refractivity contribution in [3.63, 3.8) is 0 Å². The van der Waals surface area contributed by atoms with Crippen molar-refractivity contribution < 1.29 is 4.74 Å². The summed E-state index contributed by atoms with van der Waals surface area (Å²) in [5.41, 5.74) is 11.2.